The van der Waals surface area contributed by atoms with E-state index in [9.17, 15) is 8.78 Å². The normalized spacial score (nSPS) is 21.0. The number of rotatable bonds is 3. The monoisotopic (exact) mass is 252 g/mol. The van der Waals surface area contributed by atoms with Gasteiger partial charge in [0, 0.05) is 0 Å². The number of ether oxygens (including phenoxy) is 1. The molecule has 0 bridgehead atoms. The molecule has 0 N–H and O–H groups in total. The van der Waals surface area contributed by atoms with E-state index in [2.05, 4.69) is 0 Å². The Morgan fingerprint density at radius 1 is 0.889 bits per heavy atom. The molecule has 1 aromatic rings. The molecule has 2 saturated carbocycles. The van der Waals surface area contributed by atoms with Crippen LogP contribution in [-0.2, 0) is 0 Å². The van der Waals surface area contributed by atoms with Crippen LogP contribution in [0.4, 0.5) is 8.78 Å². The molecular formula is C15H18F2O. The van der Waals surface area contributed by atoms with Crippen LogP contribution in [0.3, 0.4) is 0 Å². The molecule has 0 atom stereocenters. The standard InChI is InChI=1S/C15H18F2O/c16-14-12(10-4-1-2-5-10)8-9-13(15(14)17)18-11-6-3-7-11/h8-11H,1-7H2. The molecule has 2 aliphatic carbocycles. The fourth-order valence-electron chi connectivity index (χ4n) is 2.86. The molecule has 0 aliphatic heterocycles. The molecule has 0 aromatic heterocycles. The third-order valence-electron chi connectivity index (χ3n) is 4.22. The minimum atomic E-state index is -0.800. The lowest BCUT2D eigenvalue weighted by atomic mass is 9.95. The Balaban J connectivity index is 1.82. The predicted octanol–water partition coefficient (Wildman–Crippen LogP) is 4.55. The first-order valence-corrected chi connectivity index (χ1v) is 6.90. The zero-order chi connectivity index (χ0) is 12.5. The van der Waals surface area contributed by atoms with Gasteiger partial charge in [-0.3, -0.25) is 0 Å². The summed E-state index contributed by atoms with van der Waals surface area (Å²) in [5.74, 6) is -1.22. The molecule has 0 radical (unpaired) electrons. The Morgan fingerprint density at radius 2 is 1.61 bits per heavy atom. The first-order valence-electron chi connectivity index (χ1n) is 6.90. The van der Waals surface area contributed by atoms with Crippen LogP contribution in [0.15, 0.2) is 12.1 Å². The van der Waals surface area contributed by atoms with Gasteiger partial charge < -0.3 is 4.74 Å². The predicted molar refractivity (Wildman–Crippen MR) is 65.8 cm³/mol. The Bertz CT molecular complexity index is 434. The van der Waals surface area contributed by atoms with Crippen molar-refractivity contribution in [3.05, 3.63) is 29.3 Å². The number of hydrogen-bond donors (Lipinski definition) is 0. The van der Waals surface area contributed by atoms with E-state index in [0.29, 0.717) is 5.56 Å². The summed E-state index contributed by atoms with van der Waals surface area (Å²) in [7, 11) is 0. The minimum absolute atomic E-state index is 0.0798. The Kier molecular flexibility index (Phi) is 3.23. The second-order valence-electron chi connectivity index (χ2n) is 5.43. The van der Waals surface area contributed by atoms with Crippen molar-refractivity contribution in [3.63, 3.8) is 0 Å². The first kappa shape index (κ1) is 11.9. The van der Waals surface area contributed by atoms with E-state index in [1.807, 2.05) is 0 Å². The molecule has 0 spiro atoms. The highest BCUT2D eigenvalue weighted by molar-refractivity contribution is 5.33. The molecular weight excluding hydrogens is 234 g/mol. The van der Waals surface area contributed by atoms with Gasteiger partial charge in [-0.05, 0) is 49.7 Å². The van der Waals surface area contributed by atoms with E-state index in [1.165, 1.54) is 0 Å². The summed E-state index contributed by atoms with van der Waals surface area (Å²) in [6.07, 6.45) is 7.28. The smallest absolute Gasteiger partial charge is 0.200 e. The number of halogens is 2. The first-order chi connectivity index (χ1) is 8.75. The lowest BCUT2D eigenvalue weighted by molar-refractivity contribution is 0.113. The highest BCUT2D eigenvalue weighted by atomic mass is 19.2. The van der Waals surface area contributed by atoms with Crippen LogP contribution in [0.2, 0.25) is 0 Å². The number of hydrogen-bond acceptors (Lipinski definition) is 1. The molecule has 1 nitrogen and oxygen atoms in total. The molecule has 2 aliphatic rings. The van der Waals surface area contributed by atoms with Crippen LogP contribution in [0.25, 0.3) is 0 Å². The summed E-state index contributed by atoms with van der Waals surface area (Å²) in [6, 6.07) is 3.31. The largest absolute Gasteiger partial charge is 0.487 e. The molecule has 3 heteroatoms. The summed E-state index contributed by atoms with van der Waals surface area (Å²) in [4.78, 5) is 0. The van der Waals surface area contributed by atoms with Crippen LogP contribution in [-0.4, -0.2) is 6.10 Å². The second-order valence-corrected chi connectivity index (χ2v) is 5.43. The van der Waals surface area contributed by atoms with Crippen LogP contribution < -0.4 is 4.74 Å². The maximum Gasteiger partial charge on any atom is 0.200 e. The average molecular weight is 252 g/mol. The van der Waals surface area contributed by atoms with Crippen molar-refractivity contribution in [2.24, 2.45) is 0 Å². The second kappa shape index (κ2) is 4.87. The molecule has 0 amide bonds. The van der Waals surface area contributed by atoms with E-state index in [4.69, 9.17) is 4.74 Å². The van der Waals surface area contributed by atoms with Gasteiger partial charge in [0.15, 0.2) is 11.6 Å². The summed E-state index contributed by atoms with van der Waals surface area (Å²) in [5, 5.41) is 0. The highest BCUT2D eigenvalue weighted by Crippen LogP contribution is 2.38. The summed E-state index contributed by atoms with van der Waals surface area (Å²) >= 11 is 0. The van der Waals surface area contributed by atoms with Crippen LogP contribution >= 0.6 is 0 Å². The van der Waals surface area contributed by atoms with E-state index >= 15 is 0 Å². The molecule has 0 heterocycles. The lowest BCUT2D eigenvalue weighted by Gasteiger charge is -2.27. The molecule has 0 saturated heterocycles. The fraction of sp³-hybridized carbons (Fsp3) is 0.600. The van der Waals surface area contributed by atoms with Gasteiger partial charge in [-0.15, -0.1) is 0 Å². The molecule has 2 fully saturated rings. The van der Waals surface area contributed by atoms with Gasteiger partial charge in [-0.25, -0.2) is 4.39 Å². The van der Waals surface area contributed by atoms with E-state index < -0.39 is 11.6 Å². The third kappa shape index (κ3) is 2.11. The Labute approximate surface area is 106 Å². The molecule has 0 unspecified atom stereocenters. The maximum atomic E-state index is 14.0. The molecule has 3 rings (SSSR count). The van der Waals surface area contributed by atoms with Gasteiger partial charge in [-0.2, -0.15) is 4.39 Å². The van der Waals surface area contributed by atoms with E-state index in [-0.39, 0.29) is 17.8 Å². The van der Waals surface area contributed by atoms with Crippen LogP contribution in [0.5, 0.6) is 5.75 Å². The topological polar surface area (TPSA) is 9.23 Å². The fourth-order valence-corrected chi connectivity index (χ4v) is 2.86. The van der Waals surface area contributed by atoms with Crippen LogP contribution in [0.1, 0.15) is 56.4 Å². The van der Waals surface area contributed by atoms with Crippen molar-refractivity contribution in [3.8, 4) is 5.75 Å². The van der Waals surface area contributed by atoms with Gasteiger partial charge in [0.1, 0.15) is 0 Å². The zero-order valence-electron chi connectivity index (χ0n) is 10.4. The van der Waals surface area contributed by atoms with Gasteiger partial charge in [0.05, 0.1) is 6.10 Å². The van der Waals surface area contributed by atoms with Gasteiger partial charge in [-0.1, -0.05) is 18.9 Å². The van der Waals surface area contributed by atoms with Crippen molar-refractivity contribution >= 4 is 0 Å². The maximum absolute atomic E-state index is 14.0. The summed E-state index contributed by atoms with van der Waals surface area (Å²) in [5.41, 5.74) is 0.533. The van der Waals surface area contributed by atoms with Gasteiger partial charge in [0.25, 0.3) is 0 Å². The summed E-state index contributed by atoms with van der Waals surface area (Å²) in [6.45, 7) is 0. The van der Waals surface area contributed by atoms with Gasteiger partial charge >= 0.3 is 0 Å². The SMILES string of the molecule is Fc1c(OC2CCC2)ccc(C2CCCC2)c1F. The quantitative estimate of drug-likeness (QED) is 0.766. The average Bonchev–Trinajstić information content (AvgIpc) is 2.82. The molecule has 98 valence electrons. The minimum Gasteiger partial charge on any atom is -0.487 e. The Hall–Kier alpha value is -1.12. The third-order valence-corrected chi connectivity index (χ3v) is 4.22. The molecule has 1 aromatic carbocycles. The van der Waals surface area contributed by atoms with Crippen LogP contribution in [0, 0.1) is 11.6 Å². The highest BCUT2D eigenvalue weighted by Gasteiger charge is 2.26. The van der Waals surface area contributed by atoms with E-state index in [1.54, 1.807) is 12.1 Å². The summed E-state index contributed by atoms with van der Waals surface area (Å²) < 4.78 is 33.4. The van der Waals surface area contributed by atoms with Crippen molar-refractivity contribution in [1.29, 1.82) is 0 Å². The zero-order valence-corrected chi connectivity index (χ0v) is 10.4. The van der Waals surface area contributed by atoms with Crippen molar-refractivity contribution in [2.45, 2.75) is 57.0 Å². The molecule has 18 heavy (non-hydrogen) atoms. The van der Waals surface area contributed by atoms with Crippen molar-refractivity contribution in [1.82, 2.24) is 0 Å². The number of benzene rings is 1. The van der Waals surface area contributed by atoms with Gasteiger partial charge in [0.2, 0.25) is 5.82 Å². The van der Waals surface area contributed by atoms with E-state index in [0.717, 1.165) is 44.9 Å². The Morgan fingerprint density at radius 3 is 2.22 bits per heavy atom. The lowest BCUT2D eigenvalue weighted by Crippen LogP contribution is -2.25. The van der Waals surface area contributed by atoms with Crippen molar-refractivity contribution < 1.29 is 13.5 Å². The van der Waals surface area contributed by atoms with Crippen molar-refractivity contribution in [2.75, 3.05) is 0 Å².